The van der Waals surface area contributed by atoms with Crippen LogP contribution in [0.15, 0.2) is 65.6 Å². The van der Waals surface area contributed by atoms with Crippen LogP contribution in [-0.2, 0) is 6.42 Å². The van der Waals surface area contributed by atoms with Gasteiger partial charge in [-0.25, -0.2) is 4.98 Å². The Hall–Kier alpha value is -3.54. The predicted octanol–water partition coefficient (Wildman–Crippen LogP) is 5.17. The number of hydrogen-bond donors (Lipinski definition) is 0. The van der Waals surface area contributed by atoms with E-state index in [9.17, 15) is 4.79 Å². The van der Waals surface area contributed by atoms with E-state index in [-0.39, 0.29) is 18.0 Å². The van der Waals surface area contributed by atoms with E-state index in [4.69, 9.17) is 13.9 Å². The lowest BCUT2D eigenvalue weighted by atomic mass is 9.99. The van der Waals surface area contributed by atoms with Crippen molar-refractivity contribution >= 4 is 17.0 Å². The zero-order valence-electron chi connectivity index (χ0n) is 18.7. The summed E-state index contributed by atoms with van der Waals surface area (Å²) >= 11 is 0. The van der Waals surface area contributed by atoms with E-state index < -0.39 is 0 Å². The molecule has 3 aromatic rings. The molecule has 2 heterocycles. The second-order valence-corrected chi connectivity index (χ2v) is 7.95. The number of nitrogens with zero attached hydrogens (tertiary/aromatic N) is 2. The molecule has 6 nitrogen and oxygen atoms in total. The average Bonchev–Trinajstić information content (AvgIpc) is 3.20. The zero-order valence-corrected chi connectivity index (χ0v) is 18.7. The van der Waals surface area contributed by atoms with Gasteiger partial charge in [0.15, 0.2) is 23.0 Å². The summed E-state index contributed by atoms with van der Waals surface area (Å²) in [6.45, 7) is 5.88. The highest BCUT2D eigenvalue weighted by Gasteiger charge is 2.29. The highest BCUT2D eigenvalue weighted by Crippen LogP contribution is 2.29. The maximum absolute atomic E-state index is 13.3. The van der Waals surface area contributed by atoms with Gasteiger partial charge in [0.25, 0.3) is 5.91 Å². The molecule has 1 aliphatic heterocycles. The Morgan fingerprint density at radius 2 is 2.03 bits per heavy atom. The molecule has 0 fully saturated rings. The first-order valence-corrected chi connectivity index (χ1v) is 10.7. The smallest absolute Gasteiger partial charge is 0.254 e. The van der Waals surface area contributed by atoms with Crippen LogP contribution in [0.5, 0.6) is 11.5 Å². The van der Waals surface area contributed by atoms with Crippen molar-refractivity contribution in [2.24, 2.45) is 0 Å². The van der Waals surface area contributed by atoms with Gasteiger partial charge in [-0.15, -0.1) is 6.58 Å². The minimum atomic E-state index is -0.00607. The lowest BCUT2D eigenvalue weighted by Gasteiger charge is -2.37. The minimum Gasteiger partial charge on any atom is -0.493 e. The fourth-order valence-corrected chi connectivity index (χ4v) is 4.22. The van der Waals surface area contributed by atoms with Crippen LogP contribution in [0, 0.1) is 0 Å². The molecule has 0 radical (unpaired) electrons. The molecule has 0 N–H and O–H groups in total. The second kappa shape index (κ2) is 9.30. The number of methoxy groups -OCH3 is 2. The lowest BCUT2D eigenvalue weighted by molar-refractivity contribution is 0.0622. The number of ether oxygens (including phenoxy) is 2. The third kappa shape index (κ3) is 4.26. The van der Waals surface area contributed by atoms with Crippen molar-refractivity contribution in [2.75, 3.05) is 14.2 Å². The second-order valence-electron chi connectivity index (χ2n) is 7.95. The molecule has 0 aliphatic carbocycles. The van der Waals surface area contributed by atoms with E-state index in [1.165, 1.54) is 0 Å². The van der Waals surface area contributed by atoms with Crippen LogP contribution >= 0.6 is 0 Å². The fourth-order valence-electron chi connectivity index (χ4n) is 4.22. The third-order valence-electron chi connectivity index (χ3n) is 5.81. The Kier molecular flexibility index (Phi) is 6.30. The molecule has 6 heteroatoms. The Labute approximate surface area is 188 Å². The quantitative estimate of drug-likeness (QED) is 0.482. The summed E-state index contributed by atoms with van der Waals surface area (Å²) in [6.07, 6.45) is 8.20. The number of hydrogen-bond acceptors (Lipinski definition) is 5. The van der Waals surface area contributed by atoms with Crippen molar-refractivity contribution < 1.29 is 18.7 Å². The maximum Gasteiger partial charge on any atom is 0.254 e. The highest BCUT2D eigenvalue weighted by atomic mass is 16.5. The molecule has 0 saturated carbocycles. The van der Waals surface area contributed by atoms with E-state index in [0.717, 1.165) is 23.9 Å². The van der Waals surface area contributed by atoms with Gasteiger partial charge in [-0.05, 0) is 55.7 Å². The van der Waals surface area contributed by atoms with E-state index in [1.807, 2.05) is 48.2 Å². The fraction of sp³-hybridized carbons (Fsp3) is 0.308. The van der Waals surface area contributed by atoms with Gasteiger partial charge in [-0.3, -0.25) is 4.79 Å². The molecule has 0 bridgehead atoms. The summed E-state index contributed by atoms with van der Waals surface area (Å²) in [5.41, 5.74) is 2.92. The summed E-state index contributed by atoms with van der Waals surface area (Å²) < 4.78 is 16.7. The van der Waals surface area contributed by atoms with Gasteiger partial charge < -0.3 is 18.8 Å². The van der Waals surface area contributed by atoms with E-state index in [0.29, 0.717) is 35.0 Å². The molecule has 1 aromatic heterocycles. The van der Waals surface area contributed by atoms with Crippen molar-refractivity contribution in [1.82, 2.24) is 9.88 Å². The third-order valence-corrected chi connectivity index (χ3v) is 5.81. The first-order valence-electron chi connectivity index (χ1n) is 10.7. The van der Waals surface area contributed by atoms with Gasteiger partial charge in [0.2, 0.25) is 0 Å². The molecular weight excluding hydrogens is 404 g/mol. The SMILES string of the molecule is C=CC[C@@H]1CC=C[C@@H](C)N1C(=O)c1ccc2nc(Cc3ccc(OC)c(OC)c3)oc2c1. The van der Waals surface area contributed by atoms with Crippen LogP contribution in [0.25, 0.3) is 11.1 Å². The summed E-state index contributed by atoms with van der Waals surface area (Å²) in [5, 5.41) is 0. The van der Waals surface area contributed by atoms with Crippen LogP contribution in [0.1, 0.15) is 41.6 Å². The Morgan fingerprint density at radius 1 is 1.22 bits per heavy atom. The number of benzene rings is 2. The van der Waals surface area contributed by atoms with Gasteiger partial charge in [-0.2, -0.15) is 0 Å². The first-order chi connectivity index (χ1) is 15.5. The van der Waals surface area contributed by atoms with Gasteiger partial charge in [0, 0.05) is 24.1 Å². The van der Waals surface area contributed by atoms with Crippen molar-refractivity contribution in [3.05, 3.63) is 78.2 Å². The van der Waals surface area contributed by atoms with Crippen molar-refractivity contribution in [3.63, 3.8) is 0 Å². The number of fused-ring (bicyclic) bond motifs is 1. The largest absolute Gasteiger partial charge is 0.493 e. The molecular formula is C26H28N2O4. The van der Waals surface area contributed by atoms with Crippen molar-refractivity contribution in [2.45, 2.75) is 38.3 Å². The topological polar surface area (TPSA) is 64.8 Å². The number of oxazole rings is 1. The minimum absolute atomic E-state index is 0.00607. The van der Waals surface area contributed by atoms with Crippen LogP contribution in [0.3, 0.4) is 0 Å². The zero-order chi connectivity index (χ0) is 22.7. The first kappa shape index (κ1) is 21.7. The maximum atomic E-state index is 13.3. The molecule has 0 saturated heterocycles. The monoisotopic (exact) mass is 432 g/mol. The van der Waals surface area contributed by atoms with Crippen LogP contribution < -0.4 is 9.47 Å². The number of aromatic nitrogens is 1. The number of carbonyl (C=O) groups excluding carboxylic acids is 1. The van der Waals surface area contributed by atoms with E-state index in [2.05, 4.69) is 23.7 Å². The van der Waals surface area contributed by atoms with Gasteiger partial charge >= 0.3 is 0 Å². The van der Waals surface area contributed by atoms with Crippen LogP contribution in [-0.4, -0.2) is 42.1 Å². The number of carbonyl (C=O) groups is 1. The Bertz CT molecular complexity index is 1160. The highest BCUT2D eigenvalue weighted by molar-refractivity contribution is 5.97. The molecule has 2 aromatic carbocycles. The summed E-state index contributed by atoms with van der Waals surface area (Å²) in [7, 11) is 3.22. The summed E-state index contributed by atoms with van der Waals surface area (Å²) in [4.78, 5) is 19.9. The average molecular weight is 433 g/mol. The summed E-state index contributed by atoms with van der Waals surface area (Å²) in [5.74, 6) is 1.91. The van der Waals surface area contributed by atoms with Gasteiger partial charge in [0.1, 0.15) is 5.52 Å². The normalized spacial score (nSPS) is 18.0. The van der Waals surface area contributed by atoms with E-state index in [1.54, 1.807) is 20.3 Å². The molecule has 1 aliphatic rings. The molecule has 2 atom stereocenters. The molecule has 0 unspecified atom stereocenters. The Morgan fingerprint density at radius 3 is 2.78 bits per heavy atom. The molecule has 4 rings (SSSR count). The van der Waals surface area contributed by atoms with Crippen LogP contribution in [0.2, 0.25) is 0 Å². The standard InChI is InChI=1S/C26H28N2O4/c1-5-7-20-9-6-8-17(2)28(20)26(29)19-11-12-21-23(16-19)32-25(27-21)15-18-10-13-22(30-3)24(14-18)31-4/h5-6,8,10-14,16-17,20H,1,7,9,15H2,2-4H3/t17-,20-/m1/s1. The predicted molar refractivity (Wildman–Crippen MR) is 124 cm³/mol. The van der Waals surface area contributed by atoms with Gasteiger partial charge in [0.05, 0.1) is 14.2 Å². The Balaban J connectivity index is 1.58. The molecule has 32 heavy (non-hydrogen) atoms. The molecule has 166 valence electrons. The van der Waals surface area contributed by atoms with Gasteiger partial charge in [-0.1, -0.05) is 24.3 Å². The molecule has 1 amide bonds. The van der Waals surface area contributed by atoms with Crippen molar-refractivity contribution in [1.29, 1.82) is 0 Å². The number of amides is 1. The van der Waals surface area contributed by atoms with Crippen LogP contribution in [0.4, 0.5) is 0 Å². The van der Waals surface area contributed by atoms with E-state index >= 15 is 0 Å². The number of rotatable bonds is 7. The van der Waals surface area contributed by atoms with Crippen molar-refractivity contribution in [3.8, 4) is 11.5 Å². The lowest BCUT2D eigenvalue weighted by Crippen LogP contribution is -2.46. The summed E-state index contributed by atoms with van der Waals surface area (Å²) in [6, 6.07) is 11.3. The molecule has 0 spiro atoms.